The number of hydrogen-bond acceptors (Lipinski definition) is 4. The highest BCUT2D eigenvalue weighted by Gasteiger charge is 2.18. The number of rotatable bonds is 2. The Bertz CT molecular complexity index is 270. The van der Waals surface area contributed by atoms with Crippen molar-refractivity contribution in [3.8, 4) is 0 Å². The first kappa shape index (κ1) is 9.93. The number of aromatic nitrogens is 2. The van der Waals surface area contributed by atoms with Crippen molar-refractivity contribution in [2.45, 2.75) is 23.2 Å². The lowest BCUT2D eigenvalue weighted by Crippen LogP contribution is -2.31. The van der Waals surface area contributed by atoms with E-state index in [1.807, 2.05) is 30.2 Å². The van der Waals surface area contributed by atoms with Crippen molar-refractivity contribution >= 4 is 11.8 Å². The molecule has 1 aliphatic rings. The van der Waals surface area contributed by atoms with Crippen LogP contribution in [0.4, 0.5) is 0 Å². The van der Waals surface area contributed by atoms with Crippen molar-refractivity contribution in [3.05, 3.63) is 18.5 Å². The van der Waals surface area contributed by atoms with Gasteiger partial charge >= 0.3 is 0 Å². The van der Waals surface area contributed by atoms with Crippen LogP contribution in [0.1, 0.15) is 12.8 Å². The van der Waals surface area contributed by atoms with E-state index in [-0.39, 0.29) is 0 Å². The van der Waals surface area contributed by atoms with E-state index in [0.717, 1.165) is 5.16 Å². The molecule has 1 saturated heterocycles. The topological polar surface area (TPSA) is 29.0 Å². The maximum atomic E-state index is 4.23. The fourth-order valence-corrected chi connectivity index (χ4v) is 2.59. The fraction of sp³-hybridized carbons (Fsp3) is 0.600. The average Bonchev–Trinajstić information content (AvgIpc) is 2.23. The minimum absolute atomic E-state index is 0.702. The first-order valence-electron chi connectivity index (χ1n) is 4.97. The summed E-state index contributed by atoms with van der Waals surface area (Å²) in [6, 6.07) is 1.86. The zero-order chi connectivity index (χ0) is 9.80. The highest BCUT2D eigenvalue weighted by Crippen LogP contribution is 2.26. The summed E-state index contributed by atoms with van der Waals surface area (Å²) < 4.78 is 0. The second kappa shape index (κ2) is 4.75. The normalized spacial score (nSPS) is 19.8. The van der Waals surface area contributed by atoms with Crippen LogP contribution in [0.3, 0.4) is 0 Å². The van der Waals surface area contributed by atoms with Gasteiger partial charge in [-0.2, -0.15) is 0 Å². The summed E-state index contributed by atoms with van der Waals surface area (Å²) in [5.74, 6) is 0. The summed E-state index contributed by atoms with van der Waals surface area (Å²) in [6.45, 7) is 2.40. The van der Waals surface area contributed by atoms with Gasteiger partial charge < -0.3 is 4.90 Å². The van der Waals surface area contributed by atoms with Crippen molar-refractivity contribution in [2.24, 2.45) is 0 Å². The third-order valence-corrected chi connectivity index (χ3v) is 3.71. The molecule has 76 valence electrons. The maximum absolute atomic E-state index is 4.23. The minimum Gasteiger partial charge on any atom is -0.306 e. The average molecular weight is 209 g/mol. The van der Waals surface area contributed by atoms with Gasteiger partial charge in [0.05, 0.1) is 0 Å². The summed E-state index contributed by atoms with van der Waals surface area (Å²) in [6.07, 6.45) is 6.12. The number of likely N-dealkylation sites (tertiary alicyclic amines) is 1. The van der Waals surface area contributed by atoms with Crippen LogP contribution in [0, 0.1) is 0 Å². The predicted octanol–water partition coefficient (Wildman–Crippen LogP) is 1.66. The summed E-state index contributed by atoms with van der Waals surface area (Å²) in [5.41, 5.74) is 0. The second-order valence-corrected chi connectivity index (χ2v) is 4.92. The molecular weight excluding hydrogens is 194 g/mol. The summed E-state index contributed by atoms with van der Waals surface area (Å²) in [4.78, 5) is 10.8. The van der Waals surface area contributed by atoms with Crippen molar-refractivity contribution in [1.82, 2.24) is 14.9 Å². The van der Waals surface area contributed by atoms with Gasteiger partial charge in [0.25, 0.3) is 0 Å². The summed E-state index contributed by atoms with van der Waals surface area (Å²) >= 11 is 1.82. The summed E-state index contributed by atoms with van der Waals surface area (Å²) in [7, 11) is 2.18. The van der Waals surface area contributed by atoms with Crippen LogP contribution in [0.15, 0.2) is 23.6 Å². The van der Waals surface area contributed by atoms with E-state index in [1.165, 1.54) is 25.9 Å². The van der Waals surface area contributed by atoms with Gasteiger partial charge in [0.1, 0.15) is 0 Å². The SMILES string of the molecule is CN1CCC(Sc2ncccn2)CC1. The molecular formula is C10H15N3S. The van der Waals surface area contributed by atoms with Crippen LogP contribution in [0.5, 0.6) is 0 Å². The van der Waals surface area contributed by atoms with E-state index in [9.17, 15) is 0 Å². The lowest BCUT2D eigenvalue weighted by molar-refractivity contribution is 0.282. The van der Waals surface area contributed by atoms with Gasteiger partial charge in [0.15, 0.2) is 5.16 Å². The summed E-state index contributed by atoms with van der Waals surface area (Å²) in [5, 5.41) is 1.62. The van der Waals surface area contributed by atoms with Gasteiger partial charge in [-0.25, -0.2) is 9.97 Å². The quantitative estimate of drug-likeness (QED) is 0.693. The first-order valence-corrected chi connectivity index (χ1v) is 5.85. The van der Waals surface area contributed by atoms with Gasteiger partial charge in [-0.3, -0.25) is 0 Å². The molecule has 0 bridgehead atoms. The molecule has 0 spiro atoms. The molecule has 0 radical (unpaired) electrons. The van der Waals surface area contributed by atoms with Crippen LogP contribution in [-0.4, -0.2) is 40.3 Å². The molecule has 3 nitrogen and oxygen atoms in total. The Morgan fingerprint density at radius 1 is 1.29 bits per heavy atom. The number of thioether (sulfide) groups is 1. The van der Waals surface area contributed by atoms with Crippen LogP contribution < -0.4 is 0 Å². The molecule has 2 rings (SSSR count). The Labute approximate surface area is 88.9 Å². The predicted molar refractivity (Wildman–Crippen MR) is 58.4 cm³/mol. The third kappa shape index (κ3) is 2.69. The van der Waals surface area contributed by atoms with Crippen LogP contribution in [0.2, 0.25) is 0 Å². The molecule has 1 aromatic rings. The lowest BCUT2D eigenvalue weighted by atomic mass is 10.1. The Kier molecular flexibility index (Phi) is 3.37. The molecule has 2 heterocycles. The third-order valence-electron chi connectivity index (χ3n) is 2.48. The molecule has 1 fully saturated rings. The minimum atomic E-state index is 0.702. The molecule has 0 N–H and O–H groups in total. The van der Waals surface area contributed by atoms with E-state index in [1.54, 1.807) is 0 Å². The zero-order valence-electron chi connectivity index (χ0n) is 8.39. The van der Waals surface area contributed by atoms with Crippen molar-refractivity contribution in [3.63, 3.8) is 0 Å². The van der Waals surface area contributed by atoms with Crippen molar-refractivity contribution in [2.75, 3.05) is 20.1 Å². The van der Waals surface area contributed by atoms with Gasteiger partial charge in [-0.15, -0.1) is 0 Å². The van der Waals surface area contributed by atoms with Crippen molar-refractivity contribution < 1.29 is 0 Å². The molecule has 0 aromatic carbocycles. The molecule has 14 heavy (non-hydrogen) atoms. The molecule has 0 unspecified atom stereocenters. The number of nitrogens with zero attached hydrogens (tertiary/aromatic N) is 3. The highest BCUT2D eigenvalue weighted by atomic mass is 32.2. The van der Waals surface area contributed by atoms with E-state index in [4.69, 9.17) is 0 Å². The molecule has 0 aliphatic carbocycles. The van der Waals surface area contributed by atoms with Crippen molar-refractivity contribution in [1.29, 1.82) is 0 Å². The van der Waals surface area contributed by atoms with Gasteiger partial charge in [-0.1, -0.05) is 11.8 Å². The molecule has 4 heteroatoms. The van der Waals surface area contributed by atoms with Gasteiger partial charge in [-0.05, 0) is 39.0 Å². The molecule has 0 saturated carbocycles. The Morgan fingerprint density at radius 2 is 1.93 bits per heavy atom. The molecule has 0 atom stereocenters. The molecule has 0 amide bonds. The largest absolute Gasteiger partial charge is 0.306 e. The number of piperidine rings is 1. The second-order valence-electron chi connectivity index (χ2n) is 3.65. The van der Waals surface area contributed by atoms with Crippen LogP contribution >= 0.6 is 11.8 Å². The van der Waals surface area contributed by atoms with Crippen LogP contribution in [0.25, 0.3) is 0 Å². The molecule has 1 aromatic heterocycles. The zero-order valence-corrected chi connectivity index (χ0v) is 9.20. The van der Waals surface area contributed by atoms with Gasteiger partial charge in [0.2, 0.25) is 0 Å². The van der Waals surface area contributed by atoms with Crippen LogP contribution in [-0.2, 0) is 0 Å². The Morgan fingerprint density at radius 3 is 2.57 bits per heavy atom. The number of hydrogen-bond donors (Lipinski definition) is 0. The monoisotopic (exact) mass is 209 g/mol. The lowest BCUT2D eigenvalue weighted by Gasteiger charge is -2.27. The maximum Gasteiger partial charge on any atom is 0.187 e. The first-order chi connectivity index (χ1) is 6.84. The van der Waals surface area contributed by atoms with Gasteiger partial charge in [0, 0.05) is 17.6 Å². The Hall–Kier alpha value is -0.610. The molecule has 1 aliphatic heterocycles. The van der Waals surface area contributed by atoms with E-state index >= 15 is 0 Å². The van der Waals surface area contributed by atoms with E-state index in [0.29, 0.717) is 5.25 Å². The Balaban J connectivity index is 1.87. The van der Waals surface area contributed by atoms with E-state index in [2.05, 4.69) is 21.9 Å². The van der Waals surface area contributed by atoms with E-state index < -0.39 is 0 Å². The highest BCUT2D eigenvalue weighted by molar-refractivity contribution is 7.99. The fourth-order valence-electron chi connectivity index (χ4n) is 1.60. The standard InChI is InChI=1S/C10H15N3S/c1-13-7-3-9(4-8-13)14-10-11-5-2-6-12-10/h2,5-6,9H,3-4,7-8H2,1H3. The smallest absolute Gasteiger partial charge is 0.187 e.